The molecular weight excluding hydrogens is 542 g/mol. The highest BCUT2D eigenvalue weighted by Crippen LogP contribution is 2.55. The first kappa shape index (κ1) is 26.7. The summed E-state index contributed by atoms with van der Waals surface area (Å²) >= 11 is 3.47. The molecule has 5 nitrogen and oxygen atoms in total. The first-order valence-corrected chi connectivity index (χ1v) is 14.1. The molecule has 0 saturated carbocycles. The summed E-state index contributed by atoms with van der Waals surface area (Å²) in [6.07, 6.45) is 3.23. The Bertz CT molecular complexity index is 1320. The minimum Gasteiger partial charge on any atom is -0.503 e. The molecule has 5 rings (SSSR count). The number of rotatable bonds is 5. The third-order valence-corrected chi connectivity index (χ3v) is 8.70. The fourth-order valence-corrected chi connectivity index (χ4v) is 6.91. The van der Waals surface area contributed by atoms with E-state index in [4.69, 9.17) is 4.74 Å². The van der Waals surface area contributed by atoms with Crippen LogP contribution in [0.25, 0.3) is 0 Å². The van der Waals surface area contributed by atoms with Gasteiger partial charge in [-0.1, -0.05) is 58.0 Å². The molecule has 0 atom stereocenters. The van der Waals surface area contributed by atoms with Gasteiger partial charge < -0.3 is 14.7 Å². The predicted octanol–water partition coefficient (Wildman–Crippen LogP) is 7.09. The second-order valence-electron chi connectivity index (χ2n) is 12.5. The summed E-state index contributed by atoms with van der Waals surface area (Å²) in [5, 5.41) is 10.5. The molecule has 0 unspecified atom stereocenters. The van der Waals surface area contributed by atoms with Crippen molar-refractivity contribution in [3.05, 3.63) is 80.6 Å². The number of hydrogen-bond donors (Lipinski definition) is 1. The molecule has 1 N–H and O–H groups in total. The van der Waals surface area contributed by atoms with Crippen LogP contribution < -0.4 is 4.74 Å². The standard InChI is InChI=1S/C32H36BrNO4/c1-31(2)15-22-28(24(35)17-31)27(20-13-21(33)30(37)26(14-20)38-5)29-23(16-32(3,4)18-25(29)36)34(22)12-11-19-9-7-6-8-10-19/h6-10,13-14,27,37H,11-12,15-18H2,1-5H3. The summed E-state index contributed by atoms with van der Waals surface area (Å²) in [5.74, 6) is 0.0344. The van der Waals surface area contributed by atoms with Crippen LogP contribution in [0.3, 0.4) is 0 Å². The van der Waals surface area contributed by atoms with E-state index in [2.05, 4.69) is 60.7 Å². The molecule has 0 bridgehead atoms. The van der Waals surface area contributed by atoms with Crippen molar-refractivity contribution in [2.75, 3.05) is 13.7 Å². The lowest BCUT2D eigenvalue weighted by molar-refractivity contribution is -0.119. The SMILES string of the molecule is COc1cc(C2C3=C(CC(C)(C)CC3=O)N(CCc3ccccc3)C3=C2C(=O)CC(C)(C)C3)cc(Br)c1O. The van der Waals surface area contributed by atoms with Crippen molar-refractivity contribution in [2.24, 2.45) is 10.8 Å². The van der Waals surface area contributed by atoms with Crippen LogP contribution in [-0.2, 0) is 16.0 Å². The van der Waals surface area contributed by atoms with Crippen molar-refractivity contribution < 1.29 is 19.4 Å². The van der Waals surface area contributed by atoms with E-state index in [1.807, 2.05) is 24.3 Å². The Morgan fingerprint density at radius 1 is 0.921 bits per heavy atom. The lowest BCUT2D eigenvalue weighted by atomic mass is 9.63. The minimum atomic E-state index is -0.481. The number of allylic oxidation sites excluding steroid dienone is 4. The summed E-state index contributed by atoms with van der Waals surface area (Å²) in [7, 11) is 1.51. The maximum Gasteiger partial charge on any atom is 0.172 e. The summed E-state index contributed by atoms with van der Waals surface area (Å²) in [4.78, 5) is 30.2. The predicted molar refractivity (Wildman–Crippen MR) is 152 cm³/mol. The molecule has 0 amide bonds. The van der Waals surface area contributed by atoms with Crippen LogP contribution in [0.1, 0.15) is 70.4 Å². The number of ketones is 2. The highest BCUT2D eigenvalue weighted by Gasteiger charge is 2.49. The average molecular weight is 579 g/mol. The Labute approximate surface area is 233 Å². The Hall–Kier alpha value is -2.86. The molecule has 3 aliphatic rings. The molecule has 1 heterocycles. The highest BCUT2D eigenvalue weighted by atomic mass is 79.9. The number of phenolic OH excluding ortho intramolecular Hbond substituents is 1. The van der Waals surface area contributed by atoms with Crippen LogP contribution >= 0.6 is 15.9 Å². The number of methoxy groups -OCH3 is 1. The molecule has 0 radical (unpaired) electrons. The van der Waals surface area contributed by atoms with Crippen LogP contribution in [0.15, 0.2) is 69.5 Å². The van der Waals surface area contributed by atoms with E-state index >= 15 is 0 Å². The van der Waals surface area contributed by atoms with Crippen LogP contribution in [0.4, 0.5) is 0 Å². The van der Waals surface area contributed by atoms with Crippen molar-refractivity contribution in [3.8, 4) is 11.5 Å². The highest BCUT2D eigenvalue weighted by molar-refractivity contribution is 9.10. The summed E-state index contributed by atoms with van der Waals surface area (Å²) in [5.41, 5.74) is 5.20. The number of carbonyl (C=O) groups excluding carboxylic acids is 2. The van der Waals surface area contributed by atoms with Gasteiger partial charge in [-0.05, 0) is 69.3 Å². The van der Waals surface area contributed by atoms with E-state index in [1.54, 1.807) is 6.07 Å². The molecule has 6 heteroatoms. The van der Waals surface area contributed by atoms with Gasteiger partial charge in [-0.25, -0.2) is 0 Å². The number of hydrogen-bond acceptors (Lipinski definition) is 5. The topological polar surface area (TPSA) is 66.8 Å². The summed E-state index contributed by atoms with van der Waals surface area (Å²) in [6, 6.07) is 14.0. The number of phenols is 1. The second-order valence-corrected chi connectivity index (χ2v) is 13.3. The fourth-order valence-electron chi connectivity index (χ4n) is 6.45. The fraction of sp³-hybridized carbons (Fsp3) is 0.438. The number of aromatic hydroxyl groups is 1. The molecule has 2 aromatic rings. The third-order valence-electron chi connectivity index (χ3n) is 8.09. The Morgan fingerprint density at radius 2 is 1.47 bits per heavy atom. The molecule has 2 aromatic carbocycles. The molecule has 2 aliphatic carbocycles. The number of Topliss-reactive ketones (excluding diaryl/α,β-unsaturated/α-hetero) is 2. The number of ether oxygens (including phenoxy) is 1. The van der Waals surface area contributed by atoms with E-state index in [1.165, 1.54) is 12.7 Å². The molecular formula is C32H36BrNO4. The van der Waals surface area contributed by atoms with Crippen molar-refractivity contribution >= 4 is 27.5 Å². The van der Waals surface area contributed by atoms with Crippen molar-refractivity contribution in [1.29, 1.82) is 0 Å². The molecule has 0 aromatic heterocycles. The zero-order valence-corrected chi connectivity index (χ0v) is 24.4. The molecule has 0 saturated heterocycles. The Kier molecular flexibility index (Phi) is 6.83. The van der Waals surface area contributed by atoms with Gasteiger partial charge in [0.2, 0.25) is 0 Å². The van der Waals surface area contributed by atoms with Crippen molar-refractivity contribution in [3.63, 3.8) is 0 Å². The van der Waals surface area contributed by atoms with Gasteiger partial charge in [0.05, 0.1) is 11.6 Å². The van der Waals surface area contributed by atoms with Crippen LogP contribution in [-0.4, -0.2) is 35.2 Å². The first-order valence-electron chi connectivity index (χ1n) is 13.3. The molecule has 0 fully saturated rings. The monoisotopic (exact) mass is 577 g/mol. The maximum absolute atomic E-state index is 14.0. The van der Waals surface area contributed by atoms with Crippen LogP contribution in [0.2, 0.25) is 0 Å². The van der Waals surface area contributed by atoms with Gasteiger partial charge in [0.15, 0.2) is 23.1 Å². The normalized spacial score (nSPS) is 20.9. The van der Waals surface area contributed by atoms with Gasteiger partial charge in [-0.3, -0.25) is 9.59 Å². The van der Waals surface area contributed by atoms with E-state index in [0.717, 1.165) is 47.4 Å². The smallest absolute Gasteiger partial charge is 0.172 e. The van der Waals surface area contributed by atoms with Gasteiger partial charge in [0, 0.05) is 47.8 Å². The zero-order valence-electron chi connectivity index (χ0n) is 22.9. The van der Waals surface area contributed by atoms with E-state index in [-0.39, 0.29) is 28.1 Å². The van der Waals surface area contributed by atoms with Crippen molar-refractivity contribution in [2.45, 2.75) is 65.7 Å². The minimum absolute atomic E-state index is 0.00663. The van der Waals surface area contributed by atoms with Crippen molar-refractivity contribution in [1.82, 2.24) is 4.90 Å². The van der Waals surface area contributed by atoms with Gasteiger partial charge in [-0.2, -0.15) is 0 Å². The molecule has 38 heavy (non-hydrogen) atoms. The Balaban J connectivity index is 1.73. The van der Waals surface area contributed by atoms with E-state index in [0.29, 0.717) is 29.6 Å². The molecule has 0 spiro atoms. The zero-order chi connectivity index (χ0) is 27.4. The van der Waals surface area contributed by atoms with E-state index < -0.39 is 5.92 Å². The van der Waals surface area contributed by atoms with Crippen LogP contribution in [0, 0.1) is 10.8 Å². The second kappa shape index (κ2) is 9.71. The summed E-state index contributed by atoms with van der Waals surface area (Å²) < 4.78 is 5.95. The summed E-state index contributed by atoms with van der Waals surface area (Å²) in [6.45, 7) is 9.32. The van der Waals surface area contributed by atoms with Crippen LogP contribution in [0.5, 0.6) is 11.5 Å². The largest absolute Gasteiger partial charge is 0.503 e. The molecule has 1 aliphatic heterocycles. The number of carbonyl (C=O) groups is 2. The Morgan fingerprint density at radius 3 is 2.00 bits per heavy atom. The van der Waals surface area contributed by atoms with Gasteiger partial charge in [0.1, 0.15) is 0 Å². The lowest BCUT2D eigenvalue weighted by Gasteiger charge is -2.49. The third kappa shape index (κ3) is 4.84. The first-order chi connectivity index (χ1) is 17.9. The van der Waals surface area contributed by atoms with Gasteiger partial charge >= 0.3 is 0 Å². The van der Waals surface area contributed by atoms with E-state index in [9.17, 15) is 14.7 Å². The number of nitrogens with zero attached hydrogens (tertiary/aromatic N) is 1. The quantitative estimate of drug-likeness (QED) is 0.410. The lowest BCUT2D eigenvalue weighted by Crippen LogP contribution is -2.45. The number of halogens is 1. The maximum atomic E-state index is 14.0. The average Bonchev–Trinajstić information content (AvgIpc) is 2.83. The van der Waals surface area contributed by atoms with Gasteiger partial charge in [0.25, 0.3) is 0 Å². The van der Waals surface area contributed by atoms with Gasteiger partial charge in [-0.15, -0.1) is 0 Å². The number of benzene rings is 2. The molecule has 200 valence electrons.